The molecule has 0 amide bonds. The molecule has 2 rings (SSSR count). The first-order valence-electron chi connectivity index (χ1n) is 5.56. The van der Waals surface area contributed by atoms with Crippen LogP contribution in [0.3, 0.4) is 0 Å². The van der Waals surface area contributed by atoms with E-state index in [-0.39, 0.29) is 12.2 Å². The fraction of sp³-hybridized carbons (Fsp3) is 0.385. The molecule has 0 bridgehead atoms. The second-order valence-corrected chi connectivity index (χ2v) is 10.8. The summed E-state index contributed by atoms with van der Waals surface area (Å²) in [6.45, 7) is 6.97. The number of hydrogen-bond acceptors (Lipinski definition) is 1. The number of rotatable bonds is 3. The molecule has 1 aliphatic heterocycles. The summed E-state index contributed by atoms with van der Waals surface area (Å²) in [7, 11) is -1.10. The topological polar surface area (TPSA) is 12.5 Å². The summed E-state index contributed by atoms with van der Waals surface area (Å²) in [4.78, 5) is 0. The van der Waals surface area contributed by atoms with Gasteiger partial charge in [-0.05, 0) is 17.7 Å². The number of hydrogen-bond donors (Lipinski definition) is 0. The Balaban J connectivity index is 1.97. The molecule has 0 saturated carbocycles. The van der Waals surface area contributed by atoms with Crippen LogP contribution < -0.4 is 0 Å². The van der Waals surface area contributed by atoms with Gasteiger partial charge in [-0.3, -0.25) is 0 Å². The molecule has 0 aliphatic carbocycles. The van der Waals surface area contributed by atoms with E-state index < -0.39 is 8.07 Å². The van der Waals surface area contributed by atoms with Crippen LogP contribution in [0.4, 0.5) is 0 Å². The first-order valence-corrected chi connectivity index (χ1v) is 9.51. The van der Waals surface area contributed by atoms with E-state index in [1.54, 1.807) is 0 Å². The van der Waals surface area contributed by atoms with Gasteiger partial charge in [0.15, 0.2) is 0 Å². The fourth-order valence-electron chi connectivity index (χ4n) is 1.57. The predicted octanol–water partition coefficient (Wildman–Crippen LogP) is 4.21. The van der Waals surface area contributed by atoms with Gasteiger partial charge in [-0.15, -0.1) is 0 Å². The molecule has 1 fully saturated rings. The van der Waals surface area contributed by atoms with E-state index in [0.29, 0.717) is 0 Å². The molecular weight excluding hydrogens is 236 g/mol. The minimum Gasteiger partial charge on any atom is -0.360 e. The van der Waals surface area contributed by atoms with Gasteiger partial charge in [0.1, 0.15) is 12.2 Å². The van der Waals surface area contributed by atoms with Crippen LogP contribution in [0.1, 0.15) is 11.7 Å². The van der Waals surface area contributed by atoms with Gasteiger partial charge in [-0.2, -0.15) is 0 Å². The second-order valence-electron chi connectivity index (χ2n) is 5.30. The smallest absolute Gasteiger partial charge is 0.113 e. The van der Waals surface area contributed by atoms with Gasteiger partial charge in [-0.25, -0.2) is 0 Å². The van der Waals surface area contributed by atoms with Gasteiger partial charge >= 0.3 is 0 Å². The Kier molecular flexibility index (Phi) is 3.24. The third-order valence-electron chi connectivity index (χ3n) is 2.51. The lowest BCUT2D eigenvalue weighted by atomic mass is 10.1. The lowest BCUT2D eigenvalue weighted by Crippen LogP contribution is -2.15. The summed E-state index contributed by atoms with van der Waals surface area (Å²) >= 11 is 5.84. The maximum absolute atomic E-state index is 5.84. The quantitative estimate of drug-likeness (QED) is 0.580. The Morgan fingerprint density at radius 3 is 2.38 bits per heavy atom. The average Bonchev–Trinajstić information content (AvgIpc) is 2.94. The summed E-state index contributed by atoms with van der Waals surface area (Å²) in [5.41, 5.74) is 3.56. The van der Waals surface area contributed by atoms with Crippen molar-refractivity contribution in [1.29, 1.82) is 0 Å². The highest BCUT2D eigenvalue weighted by Crippen LogP contribution is 2.40. The fourth-order valence-corrected chi connectivity index (χ4v) is 2.47. The molecule has 1 aromatic rings. The van der Waals surface area contributed by atoms with E-state index in [9.17, 15) is 0 Å². The zero-order valence-electron chi connectivity index (χ0n) is 9.91. The number of halogens is 1. The Bertz CT molecular complexity index is 391. The summed E-state index contributed by atoms with van der Waals surface area (Å²) in [6, 6.07) is 7.90. The van der Waals surface area contributed by atoms with Crippen LogP contribution in [-0.4, -0.2) is 14.2 Å². The molecule has 2 atom stereocenters. The number of benzene rings is 1. The Morgan fingerprint density at radius 1 is 1.19 bits per heavy atom. The minimum absolute atomic E-state index is 0.241. The van der Waals surface area contributed by atoms with Crippen LogP contribution in [0.25, 0.3) is 0 Å². The van der Waals surface area contributed by atoms with E-state index in [4.69, 9.17) is 16.3 Å². The normalized spacial score (nSPS) is 25.0. The molecule has 2 unspecified atom stereocenters. The average molecular weight is 253 g/mol. The van der Waals surface area contributed by atoms with Crippen molar-refractivity contribution in [2.24, 2.45) is 0 Å². The van der Waals surface area contributed by atoms with E-state index in [0.717, 1.165) is 5.02 Å². The predicted molar refractivity (Wildman–Crippen MR) is 71.6 cm³/mol. The third kappa shape index (κ3) is 3.21. The first kappa shape index (κ1) is 11.9. The zero-order chi connectivity index (χ0) is 11.8. The van der Waals surface area contributed by atoms with Crippen molar-refractivity contribution in [2.45, 2.75) is 31.8 Å². The van der Waals surface area contributed by atoms with E-state index >= 15 is 0 Å². The van der Waals surface area contributed by atoms with E-state index in [1.807, 2.05) is 24.3 Å². The van der Waals surface area contributed by atoms with E-state index in [2.05, 4.69) is 31.4 Å². The molecule has 1 heterocycles. The molecule has 0 radical (unpaired) electrons. The second kappa shape index (κ2) is 4.36. The maximum Gasteiger partial charge on any atom is 0.113 e. The maximum atomic E-state index is 5.84. The Morgan fingerprint density at radius 2 is 1.81 bits per heavy atom. The van der Waals surface area contributed by atoms with Gasteiger partial charge in [0.2, 0.25) is 0 Å². The van der Waals surface area contributed by atoms with Gasteiger partial charge in [0.05, 0.1) is 8.07 Å². The molecule has 1 aliphatic rings. The lowest BCUT2D eigenvalue weighted by Gasteiger charge is -2.07. The third-order valence-corrected chi connectivity index (χ3v) is 3.95. The van der Waals surface area contributed by atoms with Crippen LogP contribution >= 0.6 is 11.6 Å². The molecule has 16 heavy (non-hydrogen) atoms. The monoisotopic (exact) mass is 252 g/mol. The standard InChI is InChI=1S/C13H17ClOSi/c1-16(2,3)9-8-12-13(15-12)10-4-6-11(14)7-5-10/h4-9,12-13H,1-3H3/b9-8+. The van der Waals surface area contributed by atoms with Crippen LogP contribution in [-0.2, 0) is 4.74 Å². The van der Waals surface area contributed by atoms with Crippen LogP contribution in [0.5, 0.6) is 0 Å². The zero-order valence-corrected chi connectivity index (χ0v) is 11.7. The van der Waals surface area contributed by atoms with Crippen molar-refractivity contribution < 1.29 is 4.74 Å². The number of ether oxygens (including phenoxy) is 1. The highest BCUT2D eigenvalue weighted by atomic mass is 35.5. The van der Waals surface area contributed by atoms with Crippen molar-refractivity contribution in [1.82, 2.24) is 0 Å². The highest BCUT2D eigenvalue weighted by molar-refractivity contribution is 6.80. The lowest BCUT2D eigenvalue weighted by molar-refractivity contribution is 0.394. The van der Waals surface area contributed by atoms with E-state index in [1.165, 1.54) is 5.56 Å². The largest absolute Gasteiger partial charge is 0.360 e. The van der Waals surface area contributed by atoms with Gasteiger partial charge in [-0.1, -0.05) is 55.2 Å². The van der Waals surface area contributed by atoms with Crippen molar-refractivity contribution in [3.8, 4) is 0 Å². The summed E-state index contributed by atoms with van der Waals surface area (Å²) in [5, 5.41) is 0.776. The van der Waals surface area contributed by atoms with Gasteiger partial charge in [0.25, 0.3) is 0 Å². The molecule has 0 N–H and O–H groups in total. The van der Waals surface area contributed by atoms with Crippen molar-refractivity contribution in [3.63, 3.8) is 0 Å². The van der Waals surface area contributed by atoms with Crippen LogP contribution in [0.2, 0.25) is 24.7 Å². The molecule has 0 aromatic heterocycles. The Labute approximate surface area is 103 Å². The molecule has 3 heteroatoms. The number of epoxide rings is 1. The molecule has 0 spiro atoms. The summed E-state index contributed by atoms with van der Waals surface area (Å²) in [5.74, 6) is 0. The highest BCUT2D eigenvalue weighted by Gasteiger charge is 2.37. The molecule has 1 aromatic carbocycles. The SMILES string of the molecule is C[Si](C)(C)/C=C/C1OC1c1ccc(Cl)cc1. The van der Waals surface area contributed by atoms with Crippen molar-refractivity contribution in [3.05, 3.63) is 46.6 Å². The van der Waals surface area contributed by atoms with Crippen LogP contribution in [0, 0.1) is 0 Å². The van der Waals surface area contributed by atoms with Crippen molar-refractivity contribution >= 4 is 19.7 Å². The van der Waals surface area contributed by atoms with Gasteiger partial charge in [0, 0.05) is 5.02 Å². The summed E-state index contributed by atoms with van der Waals surface area (Å²) in [6.07, 6.45) is 2.73. The van der Waals surface area contributed by atoms with Crippen molar-refractivity contribution in [2.75, 3.05) is 0 Å². The molecular formula is C13H17ClOSi. The summed E-state index contributed by atoms with van der Waals surface area (Å²) < 4.78 is 5.63. The Hall–Kier alpha value is -0.573. The molecule has 86 valence electrons. The first-order chi connectivity index (χ1) is 7.46. The molecule has 1 nitrogen and oxygen atoms in total. The minimum atomic E-state index is -1.10. The van der Waals surface area contributed by atoms with Gasteiger partial charge < -0.3 is 4.74 Å². The van der Waals surface area contributed by atoms with Crippen LogP contribution in [0.15, 0.2) is 36.0 Å². The molecule has 1 saturated heterocycles.